The molecule has 1 aliphatic heterocycles. The molecule has 1 saturated heterocycles. The fraction of sp³-hybridized carbons (Fsp3) is 1.00. The van der Waals surface area contributed by atoms with E-state index in [9.17, 15) is 0 Å². The molecule has 0 aromatic heterocycles. The molecule has 0 spiro atoms. The number of alkyl halides is 1. The van der Waals surface area contributed by atoms with Crippen LogP contribution in [0.5, 0.6) is 0 Å². The van der Waals surface area contributed by atoms with Gasteiger partial charge in [-0.15, -0.1) is 0 Å². The Bertz CT molecular complexity index is 226. The third kappa shape index (κ3) is 2.11. The van der Waals surface area contributed by atoms with Crippen molar-refractivity contribution >= 4 is 15.9 Å². The van der Waals surface area contributed by atoms with Crippen LogP contribution in [-0.2, 0) is 9.47 Å². The van der Waals surface area contributed by atoms with Gasteiger partial charge in [-0.3, -0.25) is 0 Å². The summed E-state index contributed by atoms with van der Waals surface area (Å²) in [5.41, 5.74) is 0.0543. The highest BCUT2D eigenvalue weighted by Gasteiger charge is 2.48. The maximum Gasteiger partial charge on any atom is 0.0939 e. The number of halogens is 1. The van der Waals surface area contributed by atoms with Gasteiger partial charge in [0.05, 0.1) is 17.3 Å². The van der Waals surface area contributed by atoms with E-state index in [1.807, 2.05) is 7.11 Å². The average Bonchev–Trinajstić information content (AvgIpc) is 2.86. The topological polar surface area (TPSA) is 18.5 Å². The zero-order valence-electron chi connectivity index (χ0n) is 9.72. The average molecular weight is 277 g/mol. The largest absolute Gasteiger partial charge is 0.376 e. The highest BCUT2D eigenvalue weighted by atomic mass is 79.9. The number of rotatable bonds is 3. The van der Waals surface area contributed by atoms with Crippen molar-refractivity contribution in [1.82, 2.24) is 0 Å². The van der Waals surface area contributed by atoms with Gasteiger partial charge >= 0.3 is 0 Å². The fourth-order valence-electron chi connectivity index (χ4n) is 3.00. The van der Waals surface area contributed by atoms with Crippen molar-refractivity contribution in [2.24, 2.45) is 0 Å². The first kappa shape index (κ1) is 11.9. The van der Waals surface area contributed by atoms with Crippen molar-refractivity contribution in [3.63, 3.8) is 0 Å². The molecule has 2 atom stereocenters. The second kappa shape index (κ2) is 4.34. The third-order valence-corrected chi connectivity index (χ3v) is 5.27. The van der Waals surface area contributed by atoms with Crippen LogP contribution in [0, 0.1) is 0 Å². The molecule has 2 rings (SSSR count). The summed E-state index contributed by atoms with van der Waals surface area (Å²) in [5.74, 6) is 0. The molecular formula is C12H21BrO2. The second-order valence-corrected chi connectivity index (χ2v) is 5.77. The Balaban J connectivity index is 2.05. The molecule has 1 aliphatic carbocycles. The summed E-state index contributed by atoms with van der Waals surface area (Å²) in [6.45, 7) is 2.19. The smallest absolute Gasteiger partial charge is 0.0939 e. The number of ether oxygens (including phenoxy) is 2. The minimum atomic E-state index is 0.0266. The molecule has 2 aliphatic rings. The van der Waals surface area contributed by atoms with Gasteiger partial charge in [-0.1, -0.05) is 28.8 Å². The summed E-state index contributed by atoms with van der Waals surface area (Å²) in [5, 5.41) is 0.927. The van der Waals surface area contributed by atoms with E-state index in [0.717, 1.165) is 18.2 Å². The first-order valence-corrected chi connectivity index (χ1v) is 7.05. The van der Waals surface area contributed by atoms with Gasteiger partial charge in [0, 0.05) is 12.4 Å². The van der Waals surface area contributed by atoms with E-state index >= 15 is 0 Å². The van der Waals surface area contributed by atoms with Gasteiger partial charge in [0.25, 0.3) is 0 Å². The first-order chi connectivity index (χ1) is 7.14. The summed E-state index contributed by atoms with van der Waals surface area (Å²) >= 11 is 3.54. The van der Waals surface area contributed by atoms with Crippen LogP contribution in [0.25, 0.3) is 0 Å². The Kier molecular flexibility index (Phi) is 3.44. The van der Waals surface area contributed by atoms with E-state index in [0.29, 0.717) is 6.10 Å². The van der Waals surface area contributed by atoms with Crippen LogP contribution in [0.2, 0.25) is 0 Å². The summed E-state index contributed by atoms with van der Waals surface area (Å²) in [4.78, 5) is 0. The van der Waals surface area contributed by atoms with Crippen LogP contribution in [0.3, 0.4) is 0 Å². The Hall–Kier alpha value is 0.400. The summed E-state index contributed by atoms with van der Waals surface area (Å²) in [6.07, 6.45) is 7.54. The van der Waals surface area contributed by atoms with Gasteiger partial charge < -0.3 is 9.47 Å². The number of hydrogen-bond acceptors (Lipinski definition) is 2. The first-order valence-electron chi connectivity index (χ1n) is 5.93. The standard InChI is InChI=1S/C12H21BrO2/c1-11(9-13)8-5-10(15-11)12(14-2)6-3-4-7-12/h10H,3-9H2,1-2H3. The van der Waals surface area contributed by atoms with Crippen molar-refractivity contribution in [3.05, 3.63) is 0 Å². The van der Waals surface area contributed by atoms with E-state index in [-0.39, 0.29) is 11.2 Å². The Labute approximate surface area is 101 Å². The van der Waals surface area contributed by atoms with Crippen LogP contribution in [0.1, 0.15) is 45.4 Å². The van der Waals surface area contributed by atoms with Gasteiger partial charge in [-0.2, -0.15) is 0 Å². The Morgan fingerprint density at radius 2 is 2.00 bits per heavy atom. The van der Waals surface area contributed by atoms with Gasteiger partial charge in [-0.25, -0.2) is 0 Å². The maximum absolute atomic E-state index is 6.20. The molecule has 0 aromatic carbocycles. The lowest BCUT2D eigenvalue weighted by Gasteiger charge is -2.35. The molecule has 0 bridgehead atoms. The maximum atomic E-state index is 6.20. The van der Waals surface area contributed by atoms with E-state index in [1.165, 1.54) is 25.7 Å². The molecule has 15 heavy (non-hydrogen) atoms. The molecule has 2 fully saturated rings. The van der Waals surface area contributed by atoms with Gasteiger partial charge in [0.15, 0.2) is 0 Å². The monoisotopic (exact) mass is 276 g/mol. The molecular weight excluding hydrogens is 256 g/mol. The lowest BCUT2D eigenvalue weighted by molar-refractivity contribution is -0.138. The SMILES string of the molecule is COC1(C2CCC(C)(CBr)O2)CCCC1. The Morgan fingerprint density at radius 1 is 1.33 bits per heavy atom. The molecule has 3 heteroatoms. The quantitative estimate of drug-likeness (QED) is 0.737. The molecule has 1 saturated carbocycles. The predicted molar refractivity (Wildman–Crippen MR) is 64.5 cm³/mol. The van der Waals surface area contributed by atoms with Crippen LogP contribution in [0.4, 0.5) is 0 Å². The van der Waals surface area contributed by atoms with Gasteiger partial charge in [0.2, 0.25) is 0 Å². The highest BCUT2D eigenvalue weighted by molar-refractivity contribution is 9.09. The van der Waals surface area contributed by atoms with Gasteiger partial charge in [0.1, 0.15) is 0 Å². The van der Waals surface area contributed by atoms with E-state index < -0.39 is 0 Å². The number of methoxy groups -OCH3 is 1. The molecule has 1 heterocycles. The highest BCUT2D eigenvalue weighted by Crippen LogP contribution is 2.44. The second-order valence-electron chi connectivity index (χ2n) is 5.20. The van der Waals surface area contributed by atoms with E-state index in [4.69, 9.17) is 9.47 Å². The van der Waals surface area contributed by atoms with E-state index in [2.05, 4.69) is 22.9 Å². The molecule has 0 radical (unpaired) electrons. The molecule has 0 amide bonds. The van der Waals surface area contributed by atoms with Crippen molar-refractivity contribution in [2.45, 2.75) is 62.8 Å². The Morgan fingerprint density at radius 3 is 2.47 bits per heavy atom. The molecule has 0 N–H and O–H groups in total. The zero-order chi connectivity index (χ0) is 10.9. The van der Waals surface area contributed by atoms with Crippen LogP contribution in [-0.4, -0.2) is 29.7 Å². The molecule has 2 nitrogen and oxygen atoms in total. The lowest BCUT2D eigenvalue weighted by Crippen LogP contribution is -2.43. The van der Waals surface area contributed by atoms with Crippen LogP contribution < -0.4 is 0 Å². The normalized spacial score (nSPS) is 39.8. The van der Waals surface area contributed by atoms with Crippen molar-refractivity contribution in [3.8, 4) is 0 Å². The zero-order valence-corrected chi connectivity index (χ0v) is 11.3. The van der Waals surface area contributed by atoms with Crippen molar-refractivity contribution < 1.29 is 9.47 Å². The van der Waals surface area contributed by atoms with Crippen molar-refractivity contribution in [2.75, 3.05) is 12.4 Å². The summed E-state index contributed by atoms with van der Waals surface area (Å²) in [7, 11) is 1.85. The lowest BCUT2D eigenvalue weighted by atomic mass is 9.92. The fourth-order valence-corrected chi connectivity index (χ4v) is 3.41. The van der Waals surface area contributed by atoms with E-state index in [1.54, 1.807) is 0 Å². The third-order valence-electron chi connectivity index (χ3n) is 4.09. The molecule has 2 unspecified atom stereocenters. The van der Waals surface area contributed by atoms with Crippen LogP contribution >= 0.6 is 15.9 Å². The van der Waals surface area contributed by atoms with Crippen LogP contribution in [0.15, 0.2) is 0 Å². The minimum absolute atomic E-state index is 0.0266. The predicted octanol–water partition coefficient (Wildman–Crippen LogP) is 3.28. The van der Waals surface area contributed by atoms with Crippen molar-refractivity contribution in [1.29, 1.82) is 0 Å². The van der Waals surface area contributed by atoms with Gasteiger partial charge in [-0.05, 0) is 32.6 Å². The molecule has 88 valence electrons. The molecule has 0 aromatic rings. The summed E-state index contributed by atoms with van der Waals surface area (Å²) in [6, 6.07) is 0. The minimum Gasteiger partial charge on any atom is -0.376 e. The number of hydrogen-bond donors (Lipinski definition) is 0. The summed E-state index contributed by atoms with van der Waals surface area (Å²) < 4.78 is 12.0.